The van der Waals surface area contributed by atoms with Crippen molar-refractivity contribution < 1.29 is 16.8 Å². The Balaban J connectivity index is 2.33. The van der Waals surface area contributed by atoms with Crippen molar-refractivity contribution in [3.63, 3.8) is 0 Å². The number of nitrogens with one attached hydrogen (secondary N) is 2. The number of sulfone groups is 1. The van der Waals surface area contributed by atoms with Gasteiger partial charge in [0, 0.05) is 12.6 Å². The van der Waals surface area contributed by atoms with E-state index < -0.39 is 19.9 Å². The third kappa shape index (κ3) is 6.12. The molecule has 2 N–H and O–H groups in total. The predicted octanol–water partition coefficient (Wildman–Crippen LogP) is -0.517. The van der Waals surface area contributed by atoms with Gasteiger partial charge in [-0.25, -0.2) is 21.6 Å². The Morgan fingerprint density at radius 3 is 2.33 bits per heavy atom. The molecule has 108 valence electrons. The minimum absolute atomic E-state index is 0.0379. The molecular weight excluding hydrogens is 276 g/mol. The zero-order valence-electron chi connectivity index (χ0n) is 10.7. The molecule has 0 aliphatic carbocycles. The van der Waals surface area contributed by atoms with Gasteiger partial charge in [0.05, 0.1) is 17.3 Å². The Hall–Kier alpha value is -0.180. The number of hydrogen-bond donors (Lipinski definition) is 2. The second-order valence-electron chi connectivity index (χ2n) is 4.61. The van der Waals surface area contributed by atoms with Gasteiger partial charge in [-0.3, -0.25) is 0 Å². The quantitative estimate of drug-likeness (QED) is 0.617. The molecule has 6 nitrogen and oxygen atoms in total. The molecule has 1 heterocycles. The second kappa shape index (κ2) is 6.83. The van der Waals surface area contributed by atoms with Crippen molar-refractivity contribution in [1.29, 1.82) is 0 Å². The fourth-order valence-corrected chi connectivity index (χ4v) is 4.59. The minimum atomic E-state index is -3.31. The van der Waals surface area contributed by atoms with Crippen molar-refractivity contribution in [2.24, 2.45) is 0 Å². The first kappa shape index (κ1) is 15.9. The highest BCUT2D eigenvalue weighted by Crippen LogP contribution is 2.12. The molecule has 1 rings (SSSR count). The standard InChI is InChI=1S/C10H22N2O4S2/c1-2-5-11-6-9-18(15,16)12-10-3-7-17(13,14)8-4-10/h10-12H,2-9H2,1H3. The molecule has 0 unspecified atom stereocenters. The van der Waals surface area contributed by atoms with Crippen LogP contribution in [0.25, 0.3) is 0 Å². The van der Waals surface area contributed by atoms with Crippen LogP contribution in [0, 0.1) is 0 Å². The van der Waals surface area contributed by atoms with Gasteiger partial charge in [0.15, 0.2) is 0 Å². The zero-order chi connectivity index (χ0) is 13.6. The van der Waals surface area contributed by atoms with Crippen molar-refractivity contribution in [1.82, 2.24) is 10.0 Å². The van der Waals surface area contributed by atoms with Gasteiger partial charge in [-0.05, 0) is 25.8 Å². The maximum atomic E-state index is 11.7. The zero-order valence-corrected chi connectivity index (χ0v) is 12.3. The second-order valence-corrected chi connectivity index (χ2v) is 8.79. The van der Waals surface area contributed by atoms with Crippen LogP contribution in [0.1, 0.15) is 26.2 Å². The van der Waals surface area contributed by atoms with Crippen LogP contribution in [0.2, 0.25) is 0 Å². The fourth-order valence-electron chi connectivity index (χ4n) is 1.83. The molecule has 0 atom stereocenters. The molecule has 1 aliphatic heterocycles. The fraction of sp³-hybridized carbons (Fsp3) is 1.00. The van der Waals surface area contributed by atoms with E-state index in [2.05, 4.69) is 10.0 Å². The summed E-state index contributed by atoms with van der Waals surface area (Å²) in [5, 5.41) is 3.03. The molecule has 0 aromatic rings. The summed E-state index contributed by atoms with van der Waals surface area (Å²) in [5.74, 6) is 0.193. The maximum absolute atomic E-state index is 11.7. The molecule has 0 radical (unpaired) electrons. The monoisotopic (exact) mass is 298 g/mol. The van der Waals surface area contributed by atoms with E-state index in [0.717, 1.165) is 13.0 Å². The Kier molecular flexibility index (Phi) is 6.03. The lowest BCUT2D eigenvalue weighted by atomic mass is 10.2. The highest BCUT2D eigenvalue weighted by molar-refractivity contribution is 7.91. The van der Waals surface area contributed by atoms with E-state index in [-0.39, 0.29) is 23.3 Å². The van der Waals surface area contributed by atoms with Gasteiger partial charge in [-0.15, -0.1) is 0 Å². The van der Waals surface area contributed by atoms with Gasteiger partial charge < -0.3 is 5.32 Å². The van der Waals surface area contributed by atoms with Crippen LogP contribution in [0.3, 0.4) is 0 Å². The molecule has 0 saturated carbocycles. The minimum Gasteiger partial charge on any atom is -0.316 e. The Bertz CT molecular complexity index is 430. The van der Waals surface area contributed by atoms with Gasteiger partial charge in [-0.1, -0.05) is 6.92 Å². The lowest BCUT2D eigenvalue weighted by molar-refractivity contribution is 0.504. The van der Waals surface area contributed by atoms with E-state index in [1.54, 1.807) is 0 Å². The van der Waals surface area contributed by atoms with Crippen LogP contribution >= 0.6 is 0 Å². The first-order valence-electron chi connectivity index (χ1n) is 6.26. The third-order valence-corrected chi connectivity index (χ3v) is 6.02. The molecule has 0 aromatic heterocycles. The summed E-state index contributed by atoms with van der Waals surface area (Å²) in [6, 6.07) is -0.232. The first-order chi connectivity index (χ1) is 8.35. The van der Waals surface area contributed by atoms with E-state index in [9.17, 15) is 16.8 Å². The summed E-state index contributed by atoms with van der Waals surface area (Å²) in [7, 11) is -6.25. The summed E-state index contributed by atoms with van der Waals surface area (Å²) < 4.78 is 48.5. The Labute approximate surface area is 110 Å². The first-order valence-corrected chi connectivity index (χ1v) is 9.73. The van der Waals surface area contributed by atoms with Crippen LogP contribution in [0.4, 0.5) is 0 Å². The van der Waals surface area contributed by atoms with Crippen LogP contribution < -0.4 is 10.0 Å². The van der Waals surface area contributed by atoms with Crippen LogP contribution in [0.15, 0.2) is 0 Å². The average Bonchev–Trinajstić information content (AvgIpc) is 2.27. The summed E-state index contributed by atoms with van der Waals surface area (Å²) in [6.45, 7) is 3.24. The largest absolute Gasteiger partial charge is 0.316 e. The van der Waals surface area contributed by atoms with Crippen molar-refractivity contribution in [3.05, 3.63) is 0 Å². The van der Waals surface area contributed by atoms with Gasteiger partial charge in [0.2, 0.25) is 10.0 Å². The van der Waals surface area contributed by atoms with E-state index in [0.29, 0.717) is 19.4 Å². The van der Waals surface area contributed by atoms with E-state index >= 15 is 0 Å². The molecule has 18 heavy (non-hydrogen) atoms. The SMILES string of the molecule is CCCNCCS(=O)(=O)NC1CCS(=O)(=O)CC1. The molecule has 1 fully saturated rings. The highest BCUT2D eigenvalue weighted by atomic mass is 32.2. The molecule has 8 heteroatoms. The number of rotatable bonds is 7. The van der Waals surface area contributed by atoms with Gasteiger partial charge in [0.1, 0.15) is 9.84 Å². The predicted molar refractivity (Wildman–Crippen MR) is 71.8 cm³/mol. The van der Waals surface area contributed by atoms with Crippen LogP contribution in [-0.2, 0) is 19.9 Å². The van der Waals surface area contributed by atoms with Crippen LogP contribution in [-0.4, -0.2) is 53.2 Å². The van der Waals surface area contributed by atoms with Gasteiger partial charge >= 0.3 is 0 Å². The third-order valence-electron chi connectivity index (χ3n) is 2.88. The summed E-state index contributed by atoms with van der Waals surface area (Å²) in [6.07, 6.45) is 1.72. The lowest BCUT2D eigenvalue weighted by Gasteiger charge is -2.22. The average molecular weight is 298 g/mol. The molecule has 1 aliphatic rings. The molecule has 0 aromatic carbocycles. The number of hydrogen-bond acceptors (Lipinski definition) is 5. The van der Waals surface area contributed by atoms with E-state index in [1.165, 1.54) is 0 Å². The van der Waals surface area contributed by atoms with E-state index in [4.69, 9.17) is 0 Å². The van der Waals surface area contributed by atoms with Crippen molar-refractivity contribution in [3.8, 4) is 0 Å². The van der Waals surface area contributed by atoms with Gasteiger partial charge in [0.25, 0.3) is 0 Å². The molecular formula is C10H22N2O4S2. The molecule has 1 saturated heterocycles. The van der Waals surface area contributed by atoms with Crippen molar-refractivity contribution >= 4 is 19.9 Å². The highest BCUT2D eigenvalue weighted by Gasteiger charge is 2.26. The Morgan fingerprint density at radius 1 is 1.17 bits per heavy atom. The molecule has 0 amide bonds. The maximum Gasteiger partial charge on any atom is 0.213 e. The lowest BCUT2D eigenvalue weighted by Crippen LogP contribution is -2.43. The smallest absolute Gasteiger partial charge is 0.213 e. The van der Waals surface area contributed by atoms with E-state index in [1.807, 2.05) is 6.92 Å². The molecule has 0 spiro atoms. The summed E-state index contributed by atoms with van der Waals surface area (Å²) in [4.78, 5) is 0. The van der Waals surface area contributed by atoms with Crippen molar-refractivity contribution in [2.45, 2.75) is 32.2 Å². The van der Waals surface area contributed by atoms with Crippen molar-refractivity contribution in [2.75, 3.05) is 30.3 Å². The molecule has 0 bridgehead atoms. The summed E-state index contributed by atoms with van der Waals surface area (Å²) >= 11 is 0. The normalized spacial score (nSPS) is 20.9. The summed E-state index contributed by atoms with van der Waals surface area (Å²) in [5.41, 5.74) is 0. The Morgan fingerprint density at radius 2 is 1.78 bits per heavy atom. The number of sulfonamides is 1. The topological polar surface area (TPSA) is 92.3 Å². The van der Waals surface area contributed by atoms with Crippen LogP contribution in [0.5, 0.6) is 0 Å². The van der Waals surface area contributed by atoms with Gasteiger partial charge in [-0.2, -0.15) is 0 Å².